The van der Waals surface area contributed by atoms with Gasteiger partial charge in [-0.25, -0.2) is 0 Å². The first kappa shape index (κ1) is 20.7. The van der Waals surface area contributed by atoms with E-state index in [-0.39, 0.29) is 10.9 Å². The van der Waals surface area contributed by atoms with Crippen molar-refractivity contribution >= 4 is 23.4 Å². The molecule has 0 aliphatic carbocycles. The molecule has 1 unspecified atom stereocenters. The predicted molar refractivity (Wildman–Crippen MR) is 109 cm³/mol. The van der Waals surface area contributed by atoms with Gasteiger partial charge in [-0.05, 0) is 66.0 Å². The molecule has 3 rings (SSSR count). The highest BCUT2D eigenvalue weighted by Gasteiger charge is 2.28. The number of rotatable bonds is 7. The van der Waals surface area contributed by atoms with Gasteiger partial charge < -0.3 is 19.7 Å². The maximum atomic E-state index is 12.9. The summed E-state index contributed by atoms with van der Waals surface area (Å²) < 4.78 is 11.4. The molecule has 1 N–H and O–H groups in total. The third-order valence-electron chi connectivity index (χ3n) is 4.67. The first-order chi connectivity index (χ1) is 13.9. The Hall–Kier alpha value is -3.00. The van der Waals surface area contributed by atoms with Crippen LogP contribution in [0, 0.1) is 13.8 Å². The summed E-state index contributed by atoms with van der Waals surface area (Å²) in [5.74, 6) is -0.0642. The van der Waals surface area contributed by atoms with E-state index >= 15 is 0 Å². The minimum atomic E-state index is -0.580. The van der Waals surface area contributed by atoms with Gasteiger partial charge in [0.2, 0.25) is 11.6 Å². The Bertz CT molecular complexity index is 1000. The molecular formula is C21H23N3O4S. The fourth-order valence-electron chi connectivity index (χ4n) is 2.78. The Morgan fingerprint density at radius 2 is 2.00 bits per heavy atom. The van der Waals surface area contributed by atoms with Gasteiger partial charge in [-0.15, -0.1) is 0 Å². The fourth-order valence-corrected chi connectivity index (χ4v) is 3.76. The molecule has 0 saturated heterocycles. The van der Waals surface area contributed by atoms with E-state index in [0.717, 1.165) is 28.6 Å². The Labute approximate surface area is 173 Å². The van der Waals surface area contributed by atoms with Crippen LogP contribution < -0.4 is 19.8 Å². The highest BCUT2D eigenvalue weighted by Crippen LogP contribution is 2.30. The highest BCUT2D eigenvalue weighted by molar-refractivity contribution is 8.00. The second kappa shape index (κ2) is 9.00. The van der Waals surface area contributed by atoms with Gasteiger partial charge in [0.15, 0.2) is 5.95 Å². The molecule has 29 heavy (non-hydrogen) atoms. The second-order valence-corrected chi connectivity index (χ2v) is 7.72. The first-order valence-electron chi connectivity index (χ1n) is 9.21. The number of benzene rings is 2. The largest absolute Gasteiger partial charge is 0.538 e. The molecule has 7 nitrogen and oxygen atoms in total. The van der Waals surface area contributed by atoms with E-state index in [1.54, 1.807) is 31.4 Å². The van der Waals surface area contributed by atoms with E-state index in [9.17, 15) is 9.90 Å². The second-order valence-electron chi connectivity index (χ2n) is 6.53. The molecule has 0 bridgehead atoms. The molecule has 152 valence electrons. The van der Waals surface area contributed by atoms with E-state index in [1.165, 1.54) is 4.68 Å². The normalized spacial score (nSPS) is 11.9. The SMILES string of the molecule is CCC(Sc1c([O-])on[n+]1-c1ccc(OC)cc1)C(=O)Nc1cccc(C)c1C. The smallest absolute Gasteiger partial charge is 0.298 e. The highest BCUT2D eigenvalue weighted by atomic mass is 32.2. The van der Waals surface area contributed by atoms with Gasteiger partial charge in [0.1, 0.15) is 5.75 Å². The van der Waals surface area contributed by atoms with Gasteiger partial charge in [-0.2, -0.15) is 0 Å². The molecule has 8 heteroatoms. The molecule has 0 saturated carbocycles. The quantitative estimate of drug-likeness (QED) is 0.473. The summed E-state index contributed by atoms with van der Waals surface area (Å²) in [6.45, 7) is 5.86. The minimum Gasteiger partial charge on any atom is -0.538 e. The van der Waals surface area contributed by atoms with Crippen molar-refractivity contribution < 1.29 is 23.8 Å². The number of anilines is 1. The molecule has 3 aromatic rings. The number of aromatic nitrogens is 2. The maximum Gasteiger partial charge on any atom is 0.298 e. The summed E-state index contributed by atoms with van der Waals surface area (Å²) in [5.41, 5.74) is 3.53. The van der Waals surface area contributed by atoms with Crippen LogP contribution in [-0.4, -0.2) is 23.5 Å². The van der Waals surface area contributed by atoms with Gasteiger partial charge in [0.05, 0.1) is 17.6 Å². The number of hydrogen-bond donors (Lipinski definition) is 1. The van der Waals surface area contributed by atoms with Crippen LogP contribution in [0.25, 0.3) is 5.69 Å². The van der Waals surface area contributed by atoms with Gasteiger partial charge >= 0.3 is 0 Å². The van der Waals surface area contributed by atoms with E-state index in [1.807, 2.05) is 39.0 Å². The van der Waals surface area contributed by atoms with Crippen LogP contribution >= 0.6 is 11.8 Å². The third-order valence-corrected chi connectivity index (χ3v) is 6.06. The number of carbonyl (C=O) groups excluding carboxylic acids is 1. The van der Waals surface area contributed by atoms with Crippen LogP contribution in [0.15, 0.2) is 52.0 Å². The zero-order valence-electron chi connectivity index (χ0n) is 16.8. The average molecular weight is 413 g/mol. The Morgan fingerprint density at radius 3 is 2.66 bits per heavy atom. The number of nitrogens with one attached hydrogen (secondary N) is 1. The lowest BCUT2D eigenvalue weighted by Gasteiger charge is -2.15. The van der Waals surface area contributed by atoms with Crippen LogP contribution in [0.1, 0.15) is 24.5 Å². The fraction of sp³-hybridized carbons (Fsp3) is 0.286. The van der Waals surface area contributed by atoms with Crippen molar-refractivity contribution in [3.8, 4) is 17.4 Å². The maximum absolute atomic E-state index is 12.9. The van der Waals surface area contributed by atoms with Gasteiger partial charge in [-0.3, -0.25) is 4.79 Å². The summed E-state index contributed by atoms with van der Waals surface area (Å²) in [5, 5.41) is 18.8. The molecule has 0 radical (unpaired) electrons. The number of aryl methyl sites for hydroxylation is 1. The summed E-state index contributed by atoms with van der Waals surface area (Å²) in [4.78, 5) is 12.9. The van der Waals surface area contributed by atoms with Crippen LogP contribution in [0.5, 0.6) is 11.7 Å². The summed E-state index contributed by atoms with van der Waals surface area (Å²) in [7, 11) is 1.58. The lowest BCUT2D eigenvalue weighted by molar-refractivity contribution is -0.705. The molecule has 2 aromatic carbocycles. The van der Waals surface area contributed by atoms with Crippen molar-refractivity contribution in [2.45, 2.75) is 37.5 Å². The number of methoxy groups -OCH3 is 1. The Balaban J connectivity index is 1.82. The van der Waals surface area contributed by atoms with Crippen LogP contribution in [0.4, 0.5) is 5.69 Å². The molecule has 0 aliphatic heterocycles. The minimum absolute atomic E-state index is 0.173. The molecular weight excluding hydrogens is 390 g/mol. The summed E-state index contributed by atoms with van der Waals surface area (Å²) in [6, 6.07) is 12.8. The van der Waals surface area contributed by atoms with Crippen molar-refractivity contribution in [3.63, 3.8) is 0 Å². The van der Waals surface area contributed by atoms with Crippen molar-refractivity contribution in [1.82, 2.24) is 5.27 Å². The lowest BCUT2D eigenvalue weighted by Crippen LogP contribution is -2.36. The van der Waals surface area contributed by atoms with Crippen LogP contribution in [-0.2, 0) is 4.79 Å². The van der Waals surface area contributed by atoms with E-state index in [2.05, 4.69) is 10.6 Å². The van der Waals surface area contributed by atoms with E-state index in [0.29, 0.717) is 17.9 Å². The number of thioether (sulfide) groups is 1. The summed E-state index contributed by atoms with van der Waals surface area (Å²) >= 11 is 1.14. The lowest BCUT2D eigenvalue weighted by atomic mass is 10.1. The van der Waals surface area contributed by atoms with Crippen molar-refractivity contribution in [1.29, 1.82) is 0 Å². The first-order valence-corrected chi connectivity index (χ1v) is 10.1. The van der Waals surface area contributed by atoms with Crippen LogP contribution in [0.3, 0.4) is 0 Å². The molecule has 0 fully saturated rings. The van der Waals surface area contributed by atoms with Gasteiger partial charge in [-0.1, -0.05) is 19.1 Å². The Kier molecular flexibility index (Phi) is 6.43. The molecule has 1 heterocycles. The molecule has 1 atom stereocenters. The number of hydrogen-bond acceptors (Lipinski definition) is 6. The standard InChI is InChI=1S/C21H23N3O4S/c1-5-18(19(25)22-17-8-6-7-13(2)14(17)3)29-20-21(26)28-23-24(20)15-9-11-16(27-4)12-10-15/h6-12,18H,5H2,1-4H3,(H-,22,23,25,26). The average Bonchev–Trinajstić information content (AvgIpc) is 3.09. The van der Waals surface area contributed by atoms with Crippen LogP contribution in [0.2, 0.25) is 0 Å². The monoisotopic (exact) mass is 413 g/mol. The van der Waals surface area contributed by atoms with Crippen molar-refractivity contribution in [2.24, 2.45) is 0 Å². The van der Waals surface area contributed by atoms with Crippen molar-refractivity contribution in [2.75, 3.05) is 12.4 Å². The molecule has 0 spiro atoms. The number of carbonyl (C=O) groups is 1. The summed E-state index contributed by atoms with van der Waals surface area (Å²) in [6.07, 6.45) is 0.536. The predicted octanol–water partition coefficient (Wildman–Crippen LogP) is 3.16. The number of nitrogens with zero attached hydrogens (tertiary/aromatic N) is 2. The topological polar surface area (TPSA) is 91.3 Å². The van der Waals surface area contributed by atoms with Gasteiger partial charge in [0, 0.05) is 17.8 Å². The van der Waals surface area contributed by atoms with E-state index < -0.39 is 11.2 Å². The van der Waals surface area contributed by atoms with E-state index in [4.69, 9.17) is 9.26 Å². The zero-order valence-corrected chi connectivity index (χ0v) is 17.6. The number of amides is 1. The van der Waals surface area contributed by atoms with Crippen molar-refractivity contribution in [3.05, 3.63) is 53.6 Å². The molecule has 0 aliphatic rings. The Morgan fingerprint density at radius 1 is 1.28 bits per heavy atom. The number of ether oxygens (including phenoxy) is 1. The van der Waals surface area contributed by atoms with Gasteiger partial charge in [0.25, 0.3) is 5.03 Å². The molecule has 1 aromatic heterocycles. The third kappa shape index (κ3) is 4.54. The molecule has 1 amide bonds. The zero-order chi connectivity index (χ0) is 21.0.